The van der Waals surface area contributed by atoms with E-state index in [4.69, 9.17) is 28.3 Å². The fourth-order valence-corrected chi connectivity index (χ4v) is 2.17. The molecular formula is C11H10Cl2O2S. The molecule has 0 saturated heterocycles. The van der Waals surface area contributed by atoms with E-state index in [0.29, 0.717) is 21.4 Å². The van der Waals surface area contributed by atoms with Gasteiger partial charge in [0.25, 0.3) is 0 Å². The molecule has 0 aliphatic rings. The lowest BCUT2D eigenvalue weighted by atomic mass is 10.3. The Morgan fingerprint density at radius 1 is 1.44 bits per heavy atom. The molecule has 1 N–H and O–H groups in total. The number of benzene rings is 1. The Bertz CT molecular complexity index is 430. The molecule has 0 atom stereocenters. The van der Waals surface area contributed by atoms with E-state index in [-0.39, 0.29) is 0 Å². The summed E-state index contributed by atoms with van der Waals surface area (Å²) in [6.07, 6.45) is 1.66. The summed E-state index contributed by atoms with van der Waals surface area (Å²) in [6, 6.07) is 5.33. The second kappa shape index (κ2) is 6.18. The fraction of sp³-hybridized carbons (Fsp3) is 0.182. The van der Waals surface area contributed by atoms with Gasteiger partial charge in [-0.1, -0.05) is 29.3 Å². The number of aliphatic carboxylic acids is 1. The number of thioether (sulfide) groups is 1. The van der Waals surface area contributed by atoms with Crippen LogP contribution in [0.3, 0.4) is 0 Å². The molecule has 0 amide bonds. The van der Waals surface area contributed by atoms with E-state index in [2.05, 4.69) is 0 Å². The molecule has 16 heavy (non-hydrogen) atoms. The largest absolute Gasteiger partial charge is 0.478 e. The zero-order chi connectivity index (χ0) is 12.1. The van der Waals surface area contributed by atoms with E-state index >= 15 is 0 Å². The van der Waals surface area contributed by atoms with Crippen molar-refractivity contribution in [3.63, 3.8) is 0 Å². The molecule has 0 aromatic heterocycles. The predicted octanol–water partition coefficient (Wildman–Crippen LogP) is 4.12. The van der Waals surface area contributed by atoms with Gasteiger partial charge in [-0.2, -0.15) is 0 Å². The van der Waals surface area contributed by atoms with Crippen molar-refractivity contribution in [1.29, 1.82) is 0 Å². The van der Waals surface area contributed by atoms with E-state index in [1.165, 1.54) is 11.8 Å². The molecule has 0 spiro atoms. The molecule has 2 nitrogen and oxygen atoms in total. The molecular weight excluding hydrogens is 267 g/mol. The highest BCUT2D eigenvalue weighted by molar-refractivity contribution is 7.99. The summed E-state index contributed by atoms with van der Waals surface area (Å²) in [5.74, 6) is -0.300. The third-order valence-electron chi connectivity index (χ3n) is 1.87. The summed E-state index contributed by atoms with van der Waals surface area (Å²) in [7, 11) is 0. The van der Waals surface area contributed by atoms with Crippen LogP contribution < -0.4 is 0 Å². The summed E-state index contributed by atoms with van der Waals surface area (Å²) in [6.45, 7) is 1.57. The maximum atomic E-state index is 10.5. The van der Waals surface area contributed by atoms with Crippen molar-refractivity contribution in [2.24, 2.45) is 0 Å². The van der Waals surface area contributed by atoms with Crippen LogP contribution in [0.5, 0.6) is 0 Å². The van der Waals surface area contributed by atoms with Gasteiger partial charge in [0.1, 0.15) is 0 Å². The molecule has 0 heterocycles. The fourth-order valence-electron chi connectivity index (χ4n) is 0.917. The number of carbonyl (C=O) groups is 1. The van der Waals surface area contributed by atoms with Gasteiger partial charge in [0.2, 0.25) is 0 Å². The Morgan fingerprint density at radius 2 is 2.12 bits per heavy atom. The van der Waals surface area contributed by atoms with Crippen LogP contribution in [-0.2, 0) is 4.79 Å². The minimum atomic E-state index is -0.894. The normalized spacial score (nSPS) is 11.6. The number of carboxylic acid groups (broad SMARTS) is 1. The molecule has 1 rings (SSSR count). The van der Waals surface area contributed by atoms with Crippen LogP contribution >= 0.6 is 35.0 Å². The molecule has 0 aliphatic heterocycles. The molecule has 0 unspecified atom stereocenters. The van der Waals surface area contributed by atoms with Crippen LogP contribution in [-0.4, -0.2) is 16.8 Å². The summed E-state index contributed by atoms with van der Waals surface area (Å²) < 4.78 is 0. The van der Waals surface area contributed by atoms with Gasteiger partial charge in [0.05, 0.1) is 10.0 Å². The second-order valence-electron chi connectivity index (χ2n) is 3.08. The van der Waals surface area contributed by atoms with Crippen LogP contribution in [0.1, 0.15) is 6.92 Å². The Morgan fingerprint density at radius 3 is 2.69 bits per heavy atom. The molecule has 0 aliphatic carbocycles. The van der Waals surface area contributed by atoms with E-state index in [9.17, 15) is 4.79 Å². The van der Waals surface area contributed by atoms with Crippen molar-refractivity contribution < 1.29 is 9.90 Å². The zero-order valence-corrected chi connectivity index (χ0v) is 10.9. The topological polar surface area (TPSA) is 37.3 Å². The first-order valence-corrected chi connectivity index (χ1v) is 6.22. The number of hydrogen-bond acceptors (Lipinski definition) is 2. The third kappa shape index (κ3) is 4.08. The first-order valence-electron chi connectivity index (χ1n) is 4.48. The van der Waals surface area contributed by atoms with Crippen molar-refractivity contribution in [1.82, 2.24) is 0 Å². The molecule has 0 saturated carbocycles. The number of halogens is 2. The predicted molar refractivity (Wildman–Crippen MR) is 68.6 cm³/mol. The average molecular weight is 277 g/mol. The van der Waals surface area contributed by atoms with Gasteiger partial charge in [-0.15, -0.1) is 11.8 Å². The van der Waals surface area contributed by atoms with Gasteiger partial charge < -0.3 is 5.11 Å². The summed E-state index contributed by atoms with van der Waals surface area (Å²) >= 11 is 13.1. The maximum Gasteiger partial charge on any atom is 0.330 e. The van der Waals surface area contributed by atoms with Gasteiger partial charge in [-0.05, 0) is 25.1 Å². The van der Waals surface area contributed by atoms with Crippen molar-refractivity contribution >= 4 is 40.9 Å². The summed E-state index contributed by atoms with van der Waals surface area (Å²) in [4.78, 5) is 11.5. The first-order chi connectivity index (χ1) is 7.50. The minimum Gasteiger partial charge on any atom is -0.478 e. The smallest absolute Gasteiger partial charge is 0.330 e. The zero-order valence-electron chi connectivity index (χ0n) is 8.54. The third-order valence-corrected chi connectivity index (χ3v) is 3.53. The van der Waals surface area contributed by atoms with Crippen LogP contribution in [0.4, 0.5) is 0 Å². The Hall–Kier alpha value is -0.640. The lowest BCUT2D eigenvalue weighted by Gasteiger charge is -2.01. The average Bonchev–Trinajstić information content (AvgIpc) is 2.23. The van der Waals surface area contributed by atoms with Crippen LogP contribution in [0, 0.1) is 0 Å². The lowest BCUT2D eigenvalue weighted by molar-refractivity contribution is -0.132. The number of rotatable bonds is 4. The van der Waals surface area contributed by atoms with E-state index in [1.807, 2.05) is 6.07 Å². The highest BCUT2D eigenvalue weighted by atomic mass is 35.5. The molecule has 0 fully saturated rings. The lowest BCUT2D eigenvalue weighted by Crippen LogP contribution is -1.96. The maximum absolute atomic E-state index is 10.5. The van der Waals surface area contributed by atoms with Crippen molar-refractivity contribution in [2.45, 2.75) is 11.8 Å². The highest BCUT2D eigenvalue weighted by Gasteiger charge is 2.01. The second-order valence-corrected chi connectivity index (χ2v) is 4.99. The summed E-state index contributed by atoms with van der Waals surface area (Å²) in [5.41, 5.74) is 0.340. The molecule has 1 aromatic rings. The standard InChI is InChI=1S/C11H10Cl2O2S/c1-7(11(14)15)4-5-16-8-2-3-9(12)10(13)6-8/h2-4,6H,5H2,1H3,(H,14,15). The van der Waals surface area contributed by atoms with Crippen LogP contribution in [0.25, 0.3) is 0 Å². The minimum absolute atomic E-state index is 0.340. The molecule has 1 aromatic carbocycles. The Labute approximate surface area is 108 Å². The first kappa shape index (κ1) is 13.4. The molecule has 5 heteroatoms. The molecule has 0 bridgehead atoms. The Kier molecular flexibility index (Phi) is 5.19. The van der Waals surface area contributed by atoms with E-state index in [0.717, 1.165) is 4.90 Å². The quantitative estimate of drug-likeness (QED) is 0.664. The van der Waals surface area contributed by atoms with Crippen LogP contribution in [0.15, 0.2) is 34.7 Å². The van der Waals surface area contributed by atoms with Gasteiger partial charge in [-0.25, -0.2) is 4.79 Å². The van der Waals surface area contributed by atoms with Gasteiger partial charge in [0.15, 0.2) is 0 Å². The van der Waals surface area contributed by atoms with Crippen LogP contribution in [0.2, 0.25) is 10.0 Å². The SMILES string of the molecule is CC(=CCSc1ccc(Cl)c(Cl)c1)C(=O)O. The van der Waals surface area contributed by atoms with Crippen molar-refractivity contribution in [2.75, 3.05) is 5.75 Å². The number of hydrogen-bond donors (Lipinski definition) is 1. The molecule has 0 radical (unpaired) electrons. The van der Waals surface area contributed by atoms with E-state index < -0.39 is 5.97 Å². The summed E-state index contributed by atoms with van der Waals surface area (Å²) in [5, 5.41) is 9.67. The number of carboxylic acids is 1. The van der Waals surface area contributed by atoms with Crippen molar-refractivity contribution in [3.8, 4) is 0 Å². The monoisotopic (exact) mass is 276 g/mol. The molecule has 86 valence electrons. The van der Waals surface area contributed by atoms with Gasteiger partial charge in [0, 0.05) is 16.2 Å². The van der Waals surface area contributed by atoms with Gasteiger partial charge >= 0.3 is 5.97 Å². The highest BCUT2D eigenvalue weighted by Crippen LogP contribution is 2.28. The van der Waals surface area contributed by atoms with E-state index in [1.54, 1.807) is 25.1 Å². The Balaban J connectivity index is 2.59. The van der Waals surface area contributed by atoms with Crippen molar-refractivity contribution in [3.05, 3.63) is 39.9 Å². The van der Waals surface area contributed by atoms with Gasteiger partial charge in [-0.3, -0.25) is 0 Å².